The van der Waals surface area contributed by atoms with E-state index in [1.54, 1.807) is 0 Å². The van der Waals surface area contributed by atoms with E-state index in [2.05, 4.69) is 6.07 Å². The van der Waals surface area contributed by atoms with Crippen molar-refractivity contribution in [2.45, 2.75) is 38.2 Å². The molecule has 3 nitrogen and oxygen atoms in total. The first-order valence-electron chi connectivity index (χ1n) is 6.34. The van der Waals surface area contributed by atoms with E-state index < -0.39 is 12.0 Å². The largest absolute Gasteiger partial charge is 0.370 e. The van der Waals surface area contributed by atoms with Crippen LogP contribution in [-0.4, -0.2) is 18.5 Å². The second-order valence-electron chi connectivity index (χ2n) is 4.73. The maximum atomic E-state index is 12.3. The van der Waals surface area contributed by atoms with Gasteiger partial charge in [-0.05, 0) is 31.7 Å². The third-order valence-electron chi connectivity index (χ3n) is 3.29. The number of carbonyl (C=O) groups is 1. The van der Waals surface area contributed by atoms with Crippen LogP contribution >= 0.6 is 0 Å². The lowest BCUT2D eigenvalue weighted by Gasteiger charge is -2.23. The Labute approximate surface area is 107 Å². The quantitative estimate of drug-likeness (QED) is 0.820. The van der Waals surface area contributed by atoms with Crippen LogP contribution in [0, 0.1) is 18.3 Å². The number of nitriles is 1. The van der Waals surface area contributed by atoms with Gasteiger partial charge in [-0.2, -0.15) is 5.26 Å². The molecule has 18 heavy (non-hydrogen) atoms. The van der Waals surface area contributed by atoms with Gasteiger partial charge in [-0.15, -0.1) is 0 Å². The molecule has 1 fully saturated rings. The van der Waals surface area contributed by atoms with Gasteiger partial charge in [0.05, 0.1) is 6.07 Å². The molecule has 2 rings (SSSR count). The fourth-order valence-corrected chi connectivity index (χ4v) is 2.30. The Morgan fingerprint density at radius 1 is 1.50 bits per heavy atom. The van der Waals surface area contributed by atoms with Gasteiger partial charge in [-0.25, -0.2) is 0 Å². The standard InChI is InChI=1S/C15H17NO2/c1-11-5-4-6-12(9-11)13(10-16)15(17)14-7-2-3-8-18-14/h4-6,9,13-14H,2-3,7-8H2,1H3. The van der Waals surface area contributed by atoms with Crippen molar-refractivity contribution in [1.82, 2.24) is 0 Å². The van der Waals surface area contributed by atoms with Crippen molar-refractivity contribution < 1.29 is 9.53 Å². The van der Waals surface area contributed by atoms with Gasteiger partial charge in [0.15, 0.2) is 5.78 Å². The van der Waals surface area contributed by atoms with Gasteiger partial charge in [0, 0.05) is 6.61 Å². The van der Waals surface area contributed by atoms with Crippen molar-refractivity contribution in [3.05, 3.63) is 35.4 Å². The van der Waals surface area contributed by atoms with E-state index in [0.717, 1.165) is 30.4 Å². The molecule has 0 aliphatic carbocycles. The van der Waals surface area contributed by atoms with Crippen molar-refractivity contribution in [1.29, 1.82) is 5.26 Å². The van der Waals surface area contributed by atoms with Crippen molar-refractivity contribution >= 4 is 5.78 Å². The van der Waals surface area contributed by atoms with Gasteiger partial charge in [0.2, 0.25) is 0 Å². The summed E-state index contributed by atoms with van der Waals surface area (Å²) in [5.74, 6) is -0.796. The molecule has 0 bridgehead atoms. The Bertz CT molecular complexity index is 470. The first kappa shape index (κ1) is 12.8. The number of ether oxygens (including phenoxy) is 1. The molecule has 0 radical (unpaired) electrons. The fraction of sp³-hybridized carbons (Fsp3) is 0.467. The average molecular weight is 243 g/mol. The number of hydrogen-bond donors (Lipinski definition) is 0. The minimum atomic E-state index is -0.701. The van der Waals surface area contributed by atoms with Crippen LogP contribution in [0.1, 0.15) is 36.3 Å². The summed E-state index contributed by atoms with van der Waals surface area (Å²) in [5, 5.41) is 9.25. The summed E-state index contributed by atoms with van der Waals surface area (Å²) in [5.41, 5.74) is 1.83. The zero-order valence-corrected chi connectivity index (χ0v) is 10.6. The van der Waals surface area contributed by atoms with E-state index in [0.29, 0.717) is 6.61 Å². The summed E-state index contributed by atoms with van der Waals surface area (Å²) in [6, 6.07) is 9.68. The van der Waals surface area contributed by atoms with Crippen molar-refractivity contribution in [2.24, 2.45) is 0 Å². The zero-order valence-electron chi connectivity index (χ0n) is 10.6. The lowest BCUT2D eigenvalue weighted by molar-refractivity contribution is -0.133. The summed E-state index contributed by atoms with van der Waals surface area (Å²) >= 11 is 0. The first-order valence-corrected chi connectivity index (χ1v) is 6.34. The van der Waals surface area contributed by atoms with Gasteiger partial charge in [0.25, 0.3) is 0 Å². The van der Waals surface area contributed by atoms with Crippen molar-refractivity contribution in [3.8, 4) is 6.07 Å². The molecule has 1 aromatic rings. The van der Waals surface area contributed by atoms with Crippen LogP contribution in [0.15, 0.2) is 24.3 Å². The lowest BCUT2D eigenvalue weighted by Crippen LogP contribution is -2.32. The first-order chi connectivity index (χ1) is 8.72. The van der Waals surface area contributed by atoms with Crippen LogP contribution in [0.5, 0.6) is 0 Å². The van der Waals surface area contributed by atoms with E-state index in [1.165, 1.54) is 0 Å². The molecule has 0 aromatic heterocycles. The maximum absolute atomic E-state index is 12.3. The predicted molar refractivity (Wildman–Crippen MR) is 68.1 cm³/mol. The van der Waals surface area contributed by atoms with E-state index >= 15 is 0 Å². The Balaban J connectivity index is 2.18. The summed E-state index contributed by atoms with van der Waals surface area (Å²) in [4.78, 5) is 12.3. The number of Topliss-reactive ketones (excluding diaryl/α,β-unsaturated/α-hetero) is 1. The lowest BCUT2D eigenvalue weighted by atomic mass is 9.90. The van der Waals surface area contributed by atoms with Crippen LogP contribution in [0.3, 0.4) is 0 Å². The number of rotatable bonds is 3. The molecule has 1 saturated heterocycles. The van der Waals surface area contributed by atoms with E-state index in [4.69, 9.17) is 4.74 Å². The number of hydrogen-bond acceptors (Lipinski definition) is 3. The van der Waals surface area contributed by atoms with Crippen molar-refractivity contribution in [2.75, 3.05) is 6.61 Å². The zero-order chi connectivity index (χ0) is 13.0. The van der Waals surface area contributed by atoms with E-state index in [9.17, 15) is 10.1 Å². The number of nitrogens with zero attached hydrogens (tertiary/aromatic N) is 1. The summed E-state index contributed by atoms with van der Waals surface area (Å²) in [6.07, 6.45) is 2.35. The molecule has 3 heteroatoms. The molecule has 2 atom stereocenters. The van der Waals surface area contributed by atoms with Crippen LogP contribution < -0.4 is 0 Å². The highest BCUT2D eigenvalue weighted by Gasteiger charge is 2.30. The normalized spacial score (nSPS) is 21.0. The molecule has 1 aliphatic heterocycles. The maximum Gasteiger partial charge on any atom is 0.183 e. The van der Waals surface area contributed by atoms with Gasteiger partial charge >= 0.3 is 0 Å². The smallest absolute Gasteiger partial charge is 0.183 e. The van der Waals surface area contributed by atoms with Gasteiger partial charge in [-0.3, -0.25) is 4.79 Å². The van der Waals surface area contributed by atoms with E-state index in [1.807, 2.05) is 31.2 Å². The predicted octanol–water partition coefficient (Wildman–Crippen LogP) is 2.74. The van der Waals surface area contributed by atoms with E-state index in [-0.39, 0.29) is 5.78 Å². The summed E-state index contributed by atoms with van der Waals surface area (Å²) in [7, 11) is 0. The van der Waals surface area contributed by atoms with Crippen molar-refractivity contribution in [3.63, 3.8) is 0 Å². The van der Waals surface area contributed by atoms with Crippen LogP contribution in [0.25, 0.3) is 0 Å². The molecule has 0 spiro atoms. The summed E-state index contributed by atoms with van der Waals surface area (Å²) in [6.45, 7) is 2.59. The molecule has 0 N–H and O–H groups in total. The third kappa shape index (κ3) is 2.77. The number of aryl methyl sites for hydroxylation is 1. The fourth-order valence-electron chi connectivity index (χ4n) is 2.30. The number of carbonyl (C=O) groups excluding carboxylic acids is 1. The topological polar surface area (TPSA) is 50.1 Å². The highest BCUT2D eigenvalue weighted by molar-refractivity contribution is 5.92. The Morgan fingerprint density at radius 3 is 2.94 bits per heavy atom. The SMILES string of the molecule is Cc1cccc(C(C#N)C(=O)C2CCCCO2)c1. The van der Waals surface area contributed by atoms with Crippen LogP contribution in [0.4, 0.5) is 0 Å². The van der Waals surface area contributed by atoms with Gasteiger partial charge in [-0.1, -0.05) is 29.8 Å². The monoisotopic (exact) mass is 243 g/mol. The molecule has 94 valence electrons. The molecule has 1 aliphatic rings. The second-order valence-corrected chi connectivity index (χ2v) is 4.73. The molecule has 1 heterocycles. The number of benzene rings is 1. The highest BCUT2D eigenvalue weighted by Crippen LogP contribution is 2.23. The summed E-state index contributed by atoms with van der Waals surface area (Å²) < 4.78 is 5.47. The minimum absolute atomic E-state index is 0.0946. The van der Waals surface area contributed by atoms with Crippen LogP contribution in [-0.2, 0) is 9.53 Å². The van der Waals surface area contributed by atoms with Gasteiger partial charge < -0.3 is 4.74 Å². The molecule has 2 unspecified atom stereocenters. The number of ketones is 1. The molecular formula is C15H17NO2. The third-order valence-corrected chi connectivity index (χ3v) is 3.29. The highest BCUT2D eigenvalue weighted by atomic mass is 16.5. The van der Waals surface area contributed by atoms with Crippen LogP contribution in [0.2, 0.25) is 0 Å². The second kappa shape index (κ2) is 5.79. The molecule has 1 aromatic carbocycles. The average Bonchev–Trinajstić information content (AvgIpc) is 2.40. The Kier molecular flexibility index (Phi) is 4.11. The Morgan fingerprint density at radius 2 is 2.33 bits per heavy atom. The van der Waals surface area contributed by atoms with Gasteiger partial charge in [0.1, 0.15) is 12.0 Å². The molecular weight excluding hydrogens is 226 g/mol. The molecule has 0 saturated carbocycles. The minimum Gasteiger partial charge on any atom is -0.370 e. The molecule has 0 amide bonds. The Hall–Kier alpha value is -1.66.